The van der Waals surface area contributed by atoms with Crippen LogP contribution in [-0.4, -0.2) is 11.1 Å². The van der Waals surface area contributed by atoms with Crippen molar-refractivity contribution in [3.05, 3.63) is 59.7 Å². The monoisotopic (exact) mass is 271 g/mol. The Kier molecular flexibility index (Phi) is 4.38. The van der Waals surface area contributed by atoms with Crippen LogP contribution in [0.1, 0.15) is 23.6 Å². The maximum Gasteiger partial charge on any atom is 0.305 e. The Labute approximate surface area is 117 Å². The molecule has 20 heavy (non-hydrogen) atoms. The highest BCUT2D eigenvalue weighted by Gasteiger charge is 2.11. The molecule has 1 unspecified atom stereocenters. The molecule has 1 atom stereocenters. The molecule has 4 heteroatoms. The first-order chi connectivity index (χ1) is 9.56. The number of rotatable bonds is 5. The Morgan fingerprint density at radius 1 is 1.25 bits per heavy atom. The highest BCUT2D eigenvalue weighted by molar-refractivity contribution is 5.67. The minimum absolute atomic E-state index is 0.103. The summed E-state index contributed by atoms with van der Waals surface area (Å²) in [7, 11) is 0. The SMILES string of the molecule is Cc1ccccc1Oc1cccc(C(N)CC(=O)O)c1. The van der Waals surface area contributed by atoms with Crippen LogP contribution >= 0.6 is 0 Å². The van der Waals surface area contributed by atoms with Crippen LogP contribution in [0.2, 0.25) is 0 Å². The fraction of sp³-hybridized carbons (Fsp3) is 0.188. The van der Waals surface area contributed by atoms with Crippen molar-refractivity contribution in [3.8, 4) is 11.5 Å². The molecule has 0 aliphatic heterocycles. The third kappa shape index (κ3) is 3.59. The summed E-state index contributed by atoms with van der Waals surface area (Å²) in [5, 5.41) is 8.77. The van der Waals surface area contributed by atoms with E-state index in [1.54, 1.807) is 12.1 Å². The summed E-state index contributed by atoms with van der Waals surface area (Å²) in [6.07, 6.45) is -0.103. The van der Waals surface area contributed by atoms with E-state index in [4.69, 9.17) is 15.6 Å². The molecular formula is C16H17NO3. The highest BCUT2D eigenvalue weighted by atomic mass is 16.5. The van der Waals surface area contributed by atoms with Crippen LogP contribution in [0.4, 0.5) is 0 Å². The van der Waals surface area contributed by atoms with Crippen molar-refractivity contribution >= 4 is 5.97 Å². The van der Waals surface area contributed by atoms with Gasteiger partial charge in [-0.15, -0.1) is 0 Å². The average Bonchev–Trinajstić information content (AvgIpc) is 2.41. The molecule has 4 nitrogen and oxygen atoms in total. The second-order valence-electron chi connectivity index (χ2n) is 4.64. The van der Waals surface area contributed by atoms with Gasteiger partial charge in [-0.2, -0.15) is 0 Å². The lowest BCUT2D eigenvalue weighted by atomic mass is 10.0. The molecule has 2 rings (SSSR count). The van der Waals surface area contributed by atoms with Gasteiger partial charge < -0.3 is 15.6 Å². The van der Waals surface area contributed by atoms with Crippen molar-refractivity contribution in [2.75, 3.05) is 0 Å². The Bertz CT molecular complexity index is 610. The molecule has 0 bridgehead atoms. The zero-order valence-electron chi connectivity index (χ0n) is 11.2. The zero-order valence-corrected chi connectivity index (χ0v) is 11.2. The molecule has 0 aliphatic rings. The minimum atomic E-state index is -0.914. The summed E-state index contributed by atoms with van der Waals surface area (Å²) < 4.78 is 5.80. The van der Waals surface area contributed by atoms with E-state index >= 15 is 0 Å². The summed E-state index contributed by atoms with van der Waals surface area (Å²) >= 11 is 0. The van der Waals surface area contributed by atoms with Crippen molar-refractivity contribution in [2.45, 2.75) is 19.4 Å². The van der Waals surface area contributed by atoms with Gasteiger partial charge in [0.15, 0.2) is 0 Å². The number of benzene rings is 2. The molecule has 0 spiro atoms. The van der Waals surface area contributed by atoms with Crippen LogP contribution in [0.5, 0.6) is 11.5 Å². The van der Waals surface area contributed by atoms with Crippen LogP contribution in [0.3, 0.4) is 0 Å². The lowest BCUT2D eigenvalue weighted by molar-refractivity contribution is -0.137. The van der Waals surface area contributed by atoms with E-state index < -0.39 is 12.0 Å². The molecule has 0 amide bonds. The first-order valence-corrected chi connectivity index (χ1v) is 6.37. The van der Waals surface area contributed by atoms with Crippen LogP contribution in [0, 0.1) is 6.92 Å². The third-order valence-corrected chi connectivity index (χ3v) is 3.00. The fourth-order valence-electron chi connectivity index (χ4n) is 1.91. The van der Waals surface area contributed by atoms with E-state index in [2.05, 4.69) is 0 Å². The number of aliphatic carboxylic acids is 1. The van der Waals surface area contributed by atoms with E-state index in [1.807, 2.05) is 43.3 Å². The molecule has 0 saturated heterocycles. The minimum Gasteiger partial charge on any atom is -0.481 e. The quantitative estimate of drug-likeness (QED) is 0.875. The Balaban J connectivity index is 2.18. The highest BCUT2D eigenvalue weighted by Crippen LogP contribution is 2.27. The van der Waals surface area contributed by atoms with Gasteiger partial charge in [-0.25, -0.2) is 0 Å². The average molecular weight is 271 g/mol. The number of hydrogen-bond donors (Lipinski definition) is 2. The van der Waals surface area contributed by atoms with Crippen molar-refractivity contribution in [2.24, 2.45) is 5.73 Å². The molecule has 3 N–H and O–H groups in total. The lowest BCUT2D eigenvalue weighted by Gasteiger charge is -2.12. The van der Waals surface area contributed by atoms with Crippen molar-refractivity contribution in [3.63, 3.8) is 0 Å². The van der Waals surface area contributed by atoms with Gasteiger partial charge in [0.2, 0.25) is 0 Å². The summed E-state index contributed by atoms with van der Waals surface area (Å²) in [5.41, 5.74) is 7.64. The molecule has 0 saturated carbocycles. The van der Waals surface area contributed by atoms with E-state index in [0.29, 0.717) is 5.75 Å². The topological polar surface area (TPSA) is 72.5 Å². The van der Waals surface area contributed by atoms with Gasteiger partial charge in [-0.05, 0) is 36.2 Å². The molecule has 104 valence electrons. The van der Waals surface area contributed by atoms with E-state index in [0.717, 1.165) is 16.9 Å². The summed E-state index contributed by atoms with van der Waals surface area (Å²) in [4.78, 5) is 10.7. The summed E-state index contributed by atoms with van der Waals surface area (Å²) in [5.74, 6) is 0.511. The number of carbonyl (C=O) groups is 1. The van der Waals surface area contributed by atoms with Gasteiger partial charge in [-0.1, -0.05) is 30.3 Å². The summed E-state index contributed by atoms with van der Waals surface area (Å²) in [6, 6.07) is 14.4. The van der Waals surface area contributed by atoms with Crippen molar-refractivity contribution in [1.29, 1.82) is 0 Å². The van der Waals surface area contributed by atoms with E-state index in [9.17, 15) is 4.79 Å². The Morgan fingerprint density at radius 2 is 2.00 bits per heavy atom. The van der Waals surface area contributed by atoms with E-state index in [-0.39, 0.29) is 6.42 Å². The maximum atomic E-state index is 10.7. The molecule has 0 aliphatic carbocycles. The summed E-state index contributed by atoms with van der Waals surface area (Å²) in [6.45, 7) is 1.97. The van der Waals surface area contributed by atoms with Gasteiger partial charge in [0.05, 0.1) is 6.42 Å². The lowest BCUT2D eigenvalue weighted by Crippen LogP contribution is -2.14. The van der Waals surface area contributed by atoms with Gasteiger partial charge in [-0.3, -0.25) is 4.79 Å². The molecule has 0 heterocycles. The number of carboxylic acid groups (broad SMARTS) is 1. The molecule has 2 aromatic carbocycles. The third-order valence-electron chi connectivity index (χ3n) is 3.00. The second kappa shape index (κ2) is 6.21. The van der Waals surface area contributed by atoms with Gasteiger partial charge >= 0.3 is 5.97 Å². The van der Waals surface area contributed by atoms with Crippen LogP contribution in [0.25, 0.3) is 0 Å². The van der Waals surface area contributed by atoms with Crippen LogP contribution in [0.15, 0.2) is 48.5 Å². The van der Waals surface area contributed by atoms with Crippen molar-refractivity contribution in [1.82, 2.24) is 0 Å². The first-order valence-electron chi connectivity index (χ1n) is 6.37. The Hall–Kier alpha value is -2.33. The van der Waals surface area contributed by atoms with Crippen LogP contribution < -0.4 is 10.5 Å². The normalized spacial score (nSPS) is 11.9. The maximum absolute atomic E-state index is 10.7. The molecular weight excluding hydrogens is 254 g/mol. The number of ether oxygens (including phenoxy) is 1. The molecule has 2 aromatic rings. The van der Waals surface area contributed by atoms with Gasteiger partial charge in [0.25, 0.3) is 0 Å². The van der Waals surface area contributed by atoms with Crippen LogP contribution in [-0.2, 0) is 4.79 Å². The molecule has 0 aromatic heterocycles. The Morgan fingerprint density at radius 3 is 2.70 bits per heavy atom. The zero-order chi connectivity index (χ0) is 14.5. The van der Waals surface area contributed by atoms with Crippen molar-refractivity contribution < 1.29 is 14.6 Å². The molecule has 0 radical (unpaired) electrons. The number of nitrogens with two attached hydrogens (primary N) is 1. The molecule has 0 fully saturated rings. The fourth-order valence-corrected chi connectivity index (χ4v) is 1.91. The number of hydrogen-bond acceptors (Lipinski definition) is 3. The van der Waals surface area contributed by atoms with Gasteiger partial charge in [0.1, 0.15) is 11.5 Å². The second-order valence-corrected chi connectivity index (χ2v) is 4.64. The first kappa shape index (κ1) is 14.1. The van der Waals surface area contributed by atoms with Gasteiger partial charge in [0, 0.05) is 6.04 Å². The predicted octanol–water partition coefficient (Wildman–Crippen LogP) is 3.26. The number of para-hydroxylation sites is 1. The number of aryl methyl sites for hydroxylation is 1. The largest absolute Gasteiger partial charge is 0.481 e. The smallest absolute Gasteiger partial charge is 0.305 e. The predicted molar refractivity (Wildman–Crippen MR) is 76.9 cm³/mol. The number of carboxylic acids is 1. The standard InChI is InChI=1S/C16H17NO3/c1-11-5-2-3-8-15(11)20-13-7-4-6-12(9-13)14(17)10-16(18)19/h2-9,14H,10,17H2,1H3,(H,18,19). The van der Waals surface area contributed by atoms with E-state index in [1.165, 1.54) is 0 Å².